The molecule has 0 heterocycles. The lowest BCUT2D eigenvalue weighted by Gasteiger charge is -2.61. The first-order chi connectivity index (χ1) is 24.2. The van der Waals surface area contributed by atoms with Crippen LogP contribution in [0.15, 0.2) is 152 Å². The summed E-state index contributed by atoms with van der Waals surface area (Å²) < 4.78 is 0. The quantitative estimate of drug-likeness (QED) is 0.187. The van der Waals surface area contributed by atoms with Crippen LogP contribution >= 0.6 is 0 Å². The molecule has 236 valence electrons. The van der Waals surface area contributed by atoms with Gasteiger partial charge in [0.1, 0.15) is 0 Å². The van der Waals surface area contributed by atoms with Crippen LogP contribution in [0.5, 0.6) is 0 Å². The molecule has 5 aliphatic rings. The van der Waals surface area contributed by atoms with Crippen molar-refractivity contribution in [1.29, 1.82) is 0 Å². The van der Waals surface area contributed by atoms with Crippen LogP contribution in [0, 0.1) is 23.7 Å². The molecule has 1 heteroatoms. The van der Waals surface area contributed by atoms with E-state index < -0.39 is 0 Å². The van der Waals surface area contributed by atoms with E-state index in [0.29, 0.717) is 0 Å². The van der Waals surface area contributed by atoms with E-state index in [9.17, 15) is 0 Å². The molecule has 4 fully saturated rings. The Morgan fingerprint density at radius 3 is 1.94 bits per heavy atom. The summed E-state index contributed by atoms with van der Waals surface area (Å²) in [7, 11) is 0. The predicted octanol–water partition coefficient (Wildman–Crippen LogP) is 12.9. The molecule has 1 spiro atoms. The summed E-state index contributed by atoms with van der Waals surface area (Å²) in [5, 5.41) is 5.09. The molecule has 49 heavy (non-hydrogen) atoms. The summed E-state index contributed by atoms with van der Waals surface area (Å²) in [6.45, 7) is 0. The molecule has 0 N–H and O–H groups in total. The molecule has 7 aromatic rings. The van der Waals surface area contributed by atoms with Crippen molar-refractivity contribution in [3.05, 3.63) is 163 Å². The number of hydrogen-bond donors (Lipinski definition) is 0. The van der Waals surface area contributed by atoms with E-state index in [0.717, 1.165) is 23.7 Å². The van der Waals surface area contributed by atoms with Gasteiger partial charge in [-0.2, -0.15) is 0 Å². The van der Waals surface area contributed by atoms with E-state index in [4.69, 9.17) is 0 Å². The molecule has 0 radical (unpaired) electrons. The van der Waals surface area contributed by atoms with E-state index in [1.165, 1.54) is 93.0 Å². The number of fused-ring (bicyclic) bond motifs is 5. The van der Waals surface area contributed by atoms with E-state index in [1.54, 1.807) is 11.1 Å². The average molecular weight is 630 g/mol. The second-order valence-corrected chi connectivity index (χ2v) is 15.4. The first kappa shape index (κ1) is 27.8. The molecule has 5 aliphatic carbocycles. The van der Waals surface area contributed by atoms with E-state index in [2.05, 4.69) is 157 Å². The van der Waals surface area contributed by atoms with E-state index >= 15 is 0 Å². The zero-order valence-corrected chi connectivity index (χ0v) is 27.7. The highest BCUT2D eigenvalue weighted by molar-refractivity contribution is 6.00. The highest BCUT2D eigenvalue weighted by atomic mass is 15.1. The Labute approximate surface area is 288 Å². The minimum Gasteiger partial charge on any atom is -0.310 e. The smallest absolute Gasteiger partial charge is 0.0540 e. The van der Waals surface area contributed by atoms with Crippen molar-refractivity contribution in [3.8, 4) is 22.3 Å². The minimum absolute atomic E-state index is 0.132. The topological polar surface area (TPSA) is 3.24 Å². The zero-order valence-electron chi connectivity index (χ0n) is 27.7. The highest BCUT2D eigenvalue weighted by Gasteiger charge is 2.61. The number of benzene rings is 7. The summed E-state index contributed by atoms with van der Waals surface area (Å²) in [5.41, 5.74) is 12.4. The zero-order chi connectivity index (χ0) is 32.1. The lowest BCUT2D eigenvalue weighted by Crippen LogP contribution is -2.55. The van der Waals surface area contributed by atoms with Crippen molar-refractivity contribution in [1.82, 2.24) is 0 Å². The molecule has 1 nitrogen and oxygen atoms in total. The molecule has 0 aliphatic heterocycles. The van der Waals surface area contributed by atoms with Crippen LogP contribution in [-0.4, -0.2) is 0 Å². The van der Waals surface area contributed by atoms with Gasteiger partial charge in [0.05, 0.1) is 5.69 Å². The van der Waals surface area contributed by atoms with Gasteiger partial charge in [-0.3, -0.25) is 0 Å². The van der Waals surface area contributed by atoms with Crippen molar-refractivity contribution in [3.63, 3.8) is 0 Å². The Kier molecular flexibility index (Phi) is 5.91. The molecular formula is C48H39N. The Hall–Kier alpha value is -5.14. The fourth-order valence-electron chi connectivity index (χ4n) is 11.3. The van der Waals surface area contributed by atoms with Crippen molar-refractivity contribution >= 4 is 38.6 Å². The molecule has 0 unspecified atom stereocenters. The van der Waals surface area contributed by atoms with Crippen molar-refractivity contribution in [2.24, 2.45) is 23.7 Å². The fourth-order valence-corrected chi connectivity index (χ4v) is 11.3. The number of hydrogen-bond acceptors (Lipinski definition) is 1. The molecule has 4 saturated carbocycles. The monoisotopic (exact) mass is 629 g/mol. The van der Waals surface area contributed by atoms with Gasteiger partial charge in [-0.25, -0.2) is 0 Å². The van der Waals surface area contributed by atoms with Gasteiger partial charge in [0, 0.05) is 22.2 Å². The Balaban J connectivity index is 1.13. The first-order valence-electron chi connectivity index (χ1n) is 18.4. The SMILES string of the molecule is c1cc(-c2ccc3ccccc3c2)cc(N(c2ccc3c(c2)C2(c4ccccc4-3)C3CC4CC(C3)CC2C4)c2cccc3ccccc23)c1. The van der Waals surface area contributed by atoms with Crippen LogP contribution in [0.3, 0.4) is 0 Å². The summed E-state index contributed by atoms with van der Waals surface area (Å²) in [6, 6.07) is 57.3. The van der Waals surface area contributed by atoms with Crippen molar-refractivity contribution in [2.45, 2.75) is 37.5 Å². The first-order valence-corrected chi connectivity index (χ1v) is 18.4. The third-order valence-corrected chi connectivity index (χ3v) is 13.0. The van der Waals surface area contributed by atoms with Crippen LogP contribution in [0.2, 0.25) is 0 Å². The van der Waals surface area contributed by atoms with Gasteiger partial charge in [-0.15, -0.1) is 0 Å². The summed E-state index contributed by atoms with van der Waals surface area (Å²) in [5.74, 6) is 3.34. The molecule has 4 bridgehead atoms. The van der Waals surface area contributed by atoms with Gasteiger partial charge in [0.15, 0.2) is 0 Å². The minimum atomic E-state index is 0.132. The third-order valence-electron chi connectivity index (χ3n) is 13.0. The molecule has 12 rings (SSSR count). The Morgan fingerprint density at radius 2 is 1.08 bits per heavy atom. The van der Waals surface area contributed by atoms with Crippen LogP contribution in [0.4, 0.5) is 17.1 Å². The second-order valence-electron chi connectivity index (χ2n) is 15.4. The molecular weight excluding hydrogens is 591 g/mol. The fraction of sp³-hybridized carbons (Fsp3) is 0.208. The lowest BCUT2D eigenvalue weighted by atomic mass is 9.43. The largest absolute Gasteiger partial charge is 0.310 e. The van der Waals surface area contributed by atoms with Gasteiger partial charge in [0.25, 0.3) is 0 Å². The van der Waals surface area contributed by atoms with E-state index in [-0.39, 0.29) is 5.41 Å². The second kappa shape index (κ2) is 10.4. The van der Waals surface area contributed by atoms with Crippen LogP contribution in [-0.2, 0) is 5.41 Å². The van der Waals surface area contributed by atoms with Crippen molar-refractivity contribution in [2.75, 3.05) is 4.90 Å². The summed E-state index contributed by atoms with van der Waals surface area (Å²) in [6.07, 6.45) is 7.05. The third kappa shape index (κ3) is 3.99. The van der Waals surface area contributed by atoms with E-state index in [1.807, 2.05) is 0 Å². The maximum atomic E-state index is 2.63. The Bertz CT molecular complexity index is 2400. The average Bonchev–Trinajstić information content (AvgIpc) is 3.44. The predicted molar refractivity (Wildman–Crippen MR) is 205 cm³/mol. The van der Waals surface area contributed by atoms with Gasteiger partial charge in [-0.1, -0.05) is 115 Å². The summed E-state index contributed by atoms with van der Waals surface area (Å²) in [4.78, 5) is 2.54. The normalized spacial score (nSPS) is 24.4. The Morgan fingerprint density at radius 1 is 0.429 bits per heavy atom. The molecule has 0 aromatic heterocycles. The number of rotatable bonds is 4. The van der Waals surface area contributed by atoms with Crippen LogP contribution in [0.1, 0.15) is 43.2 Å². The van der Waals surface area contributed by atoms with Gasteiger partial charge in [-0.05, 0) is 142 Å². The van der Waals surface area contributed by atoms with Crippen LogP contribution < -0.4 is 4.90 Å². The summed E-state index contributed by atoms with van der Waals surface area (Å²) >= 11 is 0. The van der Waals surface area contributed by atoms with Gasteiger partial charge < -0.3 is 4.90 Å². The number of anilines is 3. The molecule has 0 amide bonds. The standard InChI is InChI=1S/C48H39N/c1-2-11-35-28-37(20-19-33(35)9-1)36-13-7-14-40(29-36)49(47-18-8-12-34-10-3-4-15-42(34)47)41-21-22-44-43-16-5-6-17-45(43)48(46(44)30-41)38-24-31-23-32(26-38)27-39(48)25-31/h1-22,28-32,38-39H,23-27H2. The van der Waals surface area contributed by atoms with Gasteiger partial charge >= 0.3 is 0 Å². The molecule has 0 atom stereocenters. The highest BCUT2D eigenvalue weighted by Crippen LogP contribution is 2.69. The number of nitrogens with zero attached hydrogens (tertiary/aromatic N) is 1. The van der Waals surface area contributed by atoms with Crippen LogP contribution in [0.25, 0.3) is 43.8 Å². The molecule has 0 saturated heterocycles. The van der Waals surface area contributed by atoms with Gasteiger partial charge in [0.2, 0.25) is 0 Å². The maximum Gasteiger partial charge on any atom is 0.0540 e. The molecule has 7 aromatic carbocycles. The van der Waals surface area contributed by atoms with Crippen molar-refractivity contribution < 1.29 is 0 Å². The maximum absolute atomic E-state index is 2.63. The lowest BCUT2D eigenvalue weighted by molar-refractivity contribution is -0.0399.